The summed E-state index contributed by atoms with van der Waals surface area (Å²) in [7, 11) is 0. The number of ketones is 1. The number of carbonyl (C=O) groups excluding carboxylic acids is 1. The number of hydrogen-bond acceptors (Lipinski definition) is 3. The van der Waals surface area contributed by atoms with E-state index in [4.69, 9.17) is 16.3 Å². The zero-order chi connectivity index (χ0) is 13.8. The zero-order valence-electron chi connectivity index (χ0n) is 11.4. The lowest BCUT2D eigenvalue weighted by molar-refractivity contribution is -0.0523. The number of halogens is 1. The summed E-state index contributed by atoms with van der Waals surface area (Å²) in [4.78, 5) is 14.5. The van der Waals surface area contributed by atoms with Crippen molar-refractivity contribution in [2.45, 2.75) is 32.4 Å². The molecule has 1 aliphatic rings. The zero-order valence-corrected chi connectivity index (χ0v) is 12.2. The van der Waals surface area contributed by atoms with Gasteiger partial charge in [-0.15, -0.1) is 0 Å². The first-order chi connectivity index (χ1) is 9.11. The Bertz CT molecular complexity index is 450. The van der Waals surface area contributed by atoms with Gasteiger partial charge in [0.25, 0.3) is 0 Å². The van der Waals surface area contributed by atoms with Crippen molar-refractivity contribution in [3.05, 3.63) is 34.9 Å². The summed E-state index contributed by atoms with van der Waals surface area (Å²) in [6.45, 7) is 6.08. The first-order valence-electron chi connectivity index (χ1n) is 6.75. The Labute approximate surface area is 119 Å². The summed E-state index contributed by atoms with van der Waals surface area (Å²) >= 11 is 6.07. The van der Waals surface area contributed by atoms with Gasteiger partial charge < -0.3 is 4.74 Å². The van der Waals surface area contributed by atoms with E-state index in [-0.39, 0.29) is 11.9 Å². The Balaban J connectivity index is 2.07. The molecule has 0 spiro atoms. The Hall–Kier alpha value is -0.900. The maximum Gasteiger partial charge on any atom is 0.178 e. The summed E-state index contributed by atoms with van der Waals surface area (Å²) in [6.07, 6.45) is 1.17. The van der Waals surface area contributed by atoms with Crippen molar-refractivity contribution in [2.24, 2.45) is 0 Å². The van der Waals surface area contributed by atoms with Crippen LogP contribution in [0.5, 0.6) is 0 Å². The normalized spacial score (nSPS) is 24.4. The van der Waals surface area contributed by atoms with E-state index in [2.05, 4.69) is 11.8 Å². The number of ether oxygens (including phenoxy) is 1. The van der Waals surface area contributed by atoms with Crippen LogP contribution >= 0.6 is 11.6 Å². The van der Waals surface area contributed by atoms with E-state index >= 15 is 0 Å². The van der Waals surface area contributed by atoms with Gasteiger partial charge in [-0.05, 0) is 25.5 Å². The topological polar surface area (TPSA) is 29.5 Å². The van der Waals surface area contributed by atoms with Crippen LogP contribution in [0.15, 0.2) is 24.3 Å². The lowest BCUT2D eigenvalue weighted by atomic mass is 10.1. The van der Waals surface area contributed by atoms with Crippen LogP contribution in [0.25, 0.3) is 0 Å². The van der Waals surface area contributed by atoms with E-state index in [0.717, 1.165) is 13.0 Å². The van der Waals surface area contributed by atoms with Crippen molar-refractivity contribution in [3.8, 4) is 0 Å². The van der Waals surface area contributed by atoms with Gasteiger partial charge in [0.05, 0.1) is 24.3 Å². The summed E-state index contributed by atoms with van der Waals surface area (Å²) in [5.41, 5.74) is 0.609. The van der Waals surface area contributed by atoms with Crippen LogP contribution < -0.4 is 0 Å². The molecule has 19 heavy (non-hydrogen) atoms. The predicted octanol–water partition coefficient (Wildman–Crippen LogP) is 3.02. The molecule has 1 saturated heterocycles. The molecule has 1 fully saturated rings. The number of nitrogens with zero attached hydrogens (tertiary/aromatic N) is 1. The molecular formula is C15H20ClNO2. The van der Waals surface area contributed by atoms with Gasteiger partial charge in [-0.2, -0.15) is 0 Å². The molecule has 0 amide bonds. The fourth-order valence-electron chi connectivity index (χ4n) is 2.44. The number of carbonyl (C=O) groups is 1. The average Bonchev–Trinajstić information content (AvgIpc) is 2.39. The number of Topliss-reactive ketones (excluding diaryl/α,β-unsaturated/α-hetero) is 1. The summed E-state index contributed by atoms with van der Waals surface area (Å²) in [5, 5.41) is 0.529. The second kappa shape index (κ2) is 6.51. The Kier molecular flexibility index (Phi) is 4.97. The van der Waals surface area contributed by atoms with Gasteiger partial charge in [0, 0.05) is 18.2 Å². The second-order valence-electron chi connectivity index (χ2n) is 5.04. The molecule has 0 radical (unpaired) electrons. The molecule has 0 N–H and O–H groups in total. The lowest BCUT2D eigenvalue weighted by Crippen LogP contribution is -2.50. The van der Waals surface area contributed by atoms with Crippen LogP contribution in [0.4, 0.5) is 0 Å². The molecule has 1 aromatic carbocycles. The van der Waals surface area contributed by atoms with Gasteiger partial charge in [-0.25, -0.2) is 0 Å². The largest absolute Gasteiger partial charge is 0.376 e. The fourth-order valence-corrected chi connectivity index (χ4v) is 2.68. The van der Waals surface area contributed by atoms with E-state index in [1.54, 1.807) is 12.1 Å². The third-order valence-electron chi connectivity index (χ3n) is 3.57. The smallest absolute Gasteiger partial charge is 0.178 e. The SMILES string of the molecule is CCC1COC(C)CN1CC(=O)c1ccccc1Cl. The molecule has 2 atom stereocenters. The average molecular weight is 282 g/mol. The number of benzene rings is 1. The molecule has 0 aromatic heterocycles. The van der Waals surface area contributed by atoms with Crippen LogP contribution in [-0.4, -0.2) is 42.5 Å². The highest BCUT2D eigenvalue weighted by Gasteiger charge is 2.27. The highest BCUT2D eigenvalue weighted by atomic mass is 35.5. The van der Waals surface area contributed by atoms with Crippen LogP contribution in [0.2, 0.25) is 5.02 Å². The maximum atomic E-state index is 12.3. The van der Waals surface area contributed by atoms with Gasteiger partial charge in [0.1, 0.15) is 0 Å². The molecule has 1 aromatic rings. The van der Waals surface area contributed by atoms with E-state index in [9.17, 15) is 4.79 Å². The lowest BCUT2D eigenvalue weighted by Gasteiger charge is -2.37. The van der Waals surface area contributed by atoms with Gasteiger partial charge in [-0.3, -0.25) is 9.69 Å². The van der Waals surface area contributed by atoms with Gasteiger partial charge in [-0.1, -0.05) is 30.7 Å². The summed E-state index contributed by atoms with van der Waals surface area (Å²) in [5.74, 6) is 0.0816. The quantitative estimate of drug-likeness (QED) is 0.795. The Morgan fingerprint density at radius 3 is 2.89 bits per heavy atom. The van der Waals surface area contributed by atoms with Crippen molar-refractivity contribution in [1.82, 2.24) is 4.90 Å². The first-order valence-corrected chi connectivity index (χ1v) is 7.13. The van der Waals surface area contributed by atoms with Crippen LogP contribution in [0.3, 0.4) is 0 Å². The predicted molar refractivity (Wildman–Crippen MR) is 76.8 cm³/mol. The molecule has 0 aliphatic carbocycles. The molecule has 2 rings (SSSR count). The third-order valence-corrected chi connectivity index (χ3v) is 3.90. The van der Waals surface area contributed by atoms with Crippen molar-refractivity contribution < 1.29 is 9.53 Å². The fraction of sp³-hybridized carbons (Fsp3) is 0.533. The number of hydrogen-bond donors (Lipinski definition) is 0. The van der Waals surface area contributed by atoms with Crippen molar-refractivity contribution in [2.75, 3.05) is 19.7 Å². The van der Waals surface area contributed by atoms with Gasteiger partial charge >= 0.3 is 0 Å². The highest BCUT2D eigenvalue weighted by molar-refractivity contribution is 6.34. The number of rotatable bonds is 4. The van der Waals surface area contributed by atoms with E-state index in [1.165, 1.54) is 0 Å². The molecule has 1 aliphatic heterocycles. The monoisotopic (exact) mass is 281 g/mol. The highest BCUT2D eigenvalue weighted by Crippen LogP contribution is 2.19. The van der Waals surface area contributed by atoms with Gasteiger partial charge in [0.15, 0.2) is 5.78 Å². The van der Waals surface area contributed by atoms with Crippen molar-refractivity contribution in [1.29, 1.82) is 0 Å². The van der Waals surface area contributed by atoms with Crippen LogP contribution in [0.1, 0.15) is 30.6 Å². The molecule has 0 saturated carbocycles. The molecule has 2 unspecified atom stereocenters. The van der Waals surface area contributed by atoms with Crippen molar-refractivity contribution in [3.63, 3.8) is 0 Å². The van der Waals surface area contributed by atoms with Gasteiger partial charge in [0.2, 0.25) is 0 Å². The van der Waals surface area contributed by atoms with E-state index in [1.807, 2.05) is 19.1 Å². The molecule has 1 heterocycles. The Morgan fingerprint density at radius 1 is 1.47 bits per heavy atom. The summed E-state index contributed by atoms with van der Waals surface area (Å²) < 4.78 is 5.64. The maximum absolute atomic E-state index is 12.3. The minimum absolute atomic E-state index is 0.0816. The number of morpholine rings is 1. The second-order valence-corrected chi connectivity index (χ2v) is 5.45. The molecule has 3 nitrogen and oxygen atoms in total. The standard InChI is InChI=1S/C15H20ClNO2/c1-3-12-10-19-11(2)8-17(12)9-15(18)13-6-4-5-7-14(13)16/h4-7,11-12H,3,8-10H2,1-2H3. The molecule has 104 valence electrons. The Morgan fingerprint density at radius 2 is 2.21 bits per heavy atom. The van der Waals surface area contributed by atoms with E-state index < -0.39 is 0 Å². The minimum Gasteiger partial charge on any atom is -0.376 e. The minimum atomic E-state index is 0.0816. The first kappa shape index (κ1) is 14.5. The van der Waals surface area contributed by atoms with Crippen LogP contribution in [0, 0.1) is 0 Å². The van der Waals surface area contributed by atoms with E-state index in [0.29, 0.717) is 29.8 Å². The molecule has 0 bridgehead atoms. The molecule has 4 heteroatoms. The van der Waals surface area contributed by atoms with Crippen molar-refractivity contribution >= 4 is 17.4 Å². The third kappa shape index (κ3) is 3.56. The van der Waals surface area contributed by atoms with Crippen LogP contribution in [-0.2, 0) is 4.74 Å². The summed E-state index contributed by atoms with van der Waals surface area (Å²) in [6, 6.07) is 7.55. The molecular weight excluding hydrogens is 262 g/mol.